The SMILES string of the molecule is CCN(CC)c1nc(Cl)nc(N(C)CC(C)(C)O)n1. The standard InChI is InChI=1S/C12H22ClN5O/c1-6-18(7-2)11-15-9(13)14-10(16-11)17(5)8-12(3,4)19/h19H,6-8H2,1-5H3. The van der Waals surface area contributed by atoms with E-state index in [1.807, 2.05) is 25.8 Å². The van der Waals surface area contributed by atoms with Crippen LogP contribution in [0.4, 0.5) is 11.9 Å². The summed E-state index contributed by atoms with van der Waals surface area (Å²) < 4.78 is 0. The molecule has 1 N–H and O–H groups in total. The van der Waals surface area contributed by atoms with E-state index in [0.29, 0.717) is 18.4 Å². The Balaban J connectivity index is 3.02. The molecule has 1 rings (SSSR count). The molecule has 6 nitrogen and oxygen atoms in total. The molecular weight excluding hydrogens is 266 g/mol. The maximum Gasteiger partial charge on any atom is 0.231 e. The Hall–Kier alpha value is -1.14. The molecule has 0 aliphatic heterocycles. The predicted molar refractivity (Wildman–Crippen MR) is 78.0 cm³/mol. The minimum Gasteiger partial charge on any atom is -0.389 e. The fourth-order valence-corrected chi connectivity index (χ4v) is 1.95. The highest BCUT2D eigenvalue weighted by Crippen LogP contribution is 2.17. The van der Waals surface area contributed by atoms with Crippen LogP contribution in [0.3, 0.4) is 0 Å². The molecular formula is C12H22ClN5O. The van der Waals surface area contributed by atoms with Gasteiger partial charge in [0.1, 0.15) is 0 Å². The minimum atomic E-state index is -0.830. The Morgan fingerprint density at radius 1 is 1.11 bits per heavy atom. The molecule has 7 heteroatoms. The third-order valence-electron chi connectivity index (χ3n) is 2.60. The predicted octanol–water partition coefficient (Wildman–Crippen LogP) is 1.58. The number of hydrogen-bond donors (Lipinski definition) is 1. The smallest absolute Gasteiger partial charge is 0.231 e. The van der Waals surface area contributed by atoms with E-state index in [9.17, 15) is 5.11 Å². The fraction of sp³-hybridized carbons (Fsp3) is 0.750. The number of aliphatic hydroxyl groups is 1. The lowest BCUT2D eigenvalue weighted by atomic mass is 10.1. The van der Waals surface area contributed by atoms with Crippen molar-refractivity contribution in [3.05, 3.63) is 5.28 Å². The number of rotatable bonds is 6. The topological polar surface area (TPSA) is 65.4 Å². The molecule has 0 fully saturated rings. The van der Waals surface area contributed by atoms with Crippen LogP contribution >= 0.6 is 11.6 Å². The van der Waals surface area contributed by atoms with Crippen LogP contribution in [0.5, 0.6) is 0 Å². The third kappa shape index (κ3) is 4.80. The second-order valence-electron chi connectivity index (χ2n) is 5.05. The lowest BCUT2D eigenvalue weighted by molar-refractivity contribution is 0.0883. The normalized spacial score (nSPS) is 11.5. The minimum absolute atomic E-state index is 0.162. The zero-order valence-electron chi connectivity index (χ0n) is 12.2. The highest BCUT2D eigenvalue weighted by molar-refractivity contribution is 6.28. The van der Waals surface area contributed by atoms with Gasteiger partial charge in [0.2, 0.25) is 17.2 Å². The van der Waals surface area contributed by atoms with E-state index < -0.39 is 5.60 Å². The molecule has 1 aromatic heterocycles. The Kier molecular flexibility index (Phi) is 5.31. The monoisotopic (exact) mass is 287 g/mol. The molecule has 0 bridgehead atoms. The van der Waals surface area contributed by atoms with Crippen LogP contribution in [-0.4, -0.2) is 52.3 Å². The lowest BCUT2D eigenvalue weighted by Gasteiger charge is -2.26. The van der Waals surface area contributed by atoms with Gasteiger partial charge in [0.25, 0.3) is 0 Å². The average Bonchev–Trinajstić information content (AvgIpc) is 2.27. The summed E-state index contributed by atoms with van der Waals surface area (Å²) in [5, 5.41) is 9.99. The Morgan fingerprint density at radius 3 is 2.11 bits per heavy atom. The summed E-state index contributed by atoms with van der Waals surface area (Å²) in [5.41, 5.74) is -0.830. The zero-order valence-corrected chi connectivity index (χ0v) is 12.9. The van der Waals surface area contributed by atoms with Crippen LogP contribution in [0.25, 0.3) is 0 Å². The van der Waals surface area contributed by atoms with Gasteiger partial charge in [0.05, 0.1) is 5.60 Å². The van der Waals surface area contributed by atoms with Crippen molar-refractivity contribution in [2.45, 2.75) is 33.3 Å². The van der Waals surface area contributed by atoms with Crippen LogP contribution in [0.15, 0.2) is 0 Å². The average molecular weight is 288 g/mol. The van der Waals surface area contributed by atoms with Gasteiger partial charge >= 0.3 is 0 Å². The third-order valence-corrected chi connectivity index (χ3v) is 2.77. The summed E-state index contributed by atoms with van der Waals surface area (Å²) in [7, 11) is 1.82. The quantitative estimate of drug-likeness (QED) is 0.857. The molecule has 0 unspecified atom stereocenters. The first-order chi connectivity index (χ1) is 8.76. The Bertz CT molecular complexity index is 417. The number of nitrogens with zero attached hydrogens (tertiary/aromatic N) is 5. The van der Waals surface area contributed by atoms with Crippen molar-refractivity contribution in [1.29, 1.82) is 0 Å². The van der Waals surface area contributed by atoms with Crippen LogP contribution in [0.1, 0.15) is 27.7 Å². The first-order valence-electron chi connectivity index (χ1n) is 6.37. The molecule has 0 radical (unpaired) electrons. The van der Waals surface area contributed by atoms with Crippen molar-refractivity contribution < 1.29 is 5.11 Å². The van der Waals surface area contributed by atoms with Gasteiger partial charge in [0.15, 0.2) is 0 Å². The van der Waals surface area contributed by atoms with Crippen molar-refractivity contribution in [2.24, 2.45) is 0 Å². The van der Waals surface area contributed by atoms with Crippen molar-refractivity contribution in [3.63, 3.8) is 0 Å². The van der Waals surface area contributed by atoms with Crippen LogP contribution in [0, 0.1) is 0 Å². The zero-order chi connectivity index (χ0) is 14.6. The van der Waals surface area contributed by atoms with Crippen LogP contribution in [0.2, 0.25) is 5.28 Å². The van der Waals surface area contributed by atoms with Crippen molar-refractivity contribution >= 4 is 23.5 Å². The molecule has 0 aliphatic rings. The maximum atomic E-state index is 9.83. The fourth-order valence-electron chi connectivity index (χ4n) is 1.80. The molecule has 1 aromatic rings. The second-order valence-corrected chi connectivity index (χ2v) is 5.38. The van der Waals surface area contributed by atoms with E-state index in [2.05, 4.69) is 15.0 Å². The molecule has 0 spiro atoms. The molecule has 1 heterocycles. The van der Waals surface area contributed by atoms with E-state index in [0.717, 1.165) is 13.1 Å². The molecule has 0 saturated heterocycles. The highest BCUT2D eigenvalue weighted by atomic mass is 35.5. The van der Waals surface area contributed by atoms with Crippen molar-refractivity contribution in [1.82, 2.24) is 15.0 Å². The van der Waals surface area contributed by atoms with E-state index in [4.69, 9.17) is 11.6 Å². The molecule has 19 heavy (non-hydrogen) atoms. The Morgan fingerprint density at radius 2 is 1.63 bits per heavy atom. The van der Waals surface area contributed by atoms with Crippen molar-refractivity contribution in [2.75, 3.05) is 36.5 Å². The van der Waals surface area contributed by atoms with Gasteiger partial charge in [-0.05, 0) is 39.3 Å². The van der Waals surface area contributed by atoms with Gasteiger partial charge in [-0.25, -0.2) is 0 Å². The first-order valence-corrected chi connectivity index (χ1v) is 6.74. The summed E-state index contributed by atoms with van der Waals surface area (Å²) in [4.78, 5) is 16.4. The molecule has 108 valence electrons. The van der Waals surface area contributed by atoms with E-state index in [1.165, 1.54) is 0 Å². The number of likely N-dealkylation sites (N-methyl/N-ethyl adjacent to an activating group) is 1. The van der Waals surface area contributed by atoms with Gasteiger partial charge in [0, 0.05) is 26.7 Å². The van der Waals surface area contributed by atoms with Gasteiger partial charge in [-0.3, -0.25) is 0 Å². The highest BCUT2D eigenvalue weighted by Gasteiger charge is 2.19. The summed E-state index contributed by atoms with van der Waals surface area (Å²) in [6, 6.07) is 0. The second kappa shape index (κ2) is 6.34. The molecule has 0 saturated carbocycles. The number of hydrogen-bond acceptors (Lipinski definition) is 6. The number of aromatic nitrogens is 3. The van der Waals surface area contributed by atoms with Crippen LogP contribution < -0.4 is 9.80 Å². The van der Waals surface area contributed by atoms with Crippen molar-refractivity contribution in [3.8, 4) is 0 Å². The lowest BCUT2D eigenvalue weighted by Crippen LogP contribution is -2.37. The largest absolute Gasteiger partial charge is 0.389 e. The molecule has 0 amide bonds. The first kappa shape index (κ1) is 15.9. The van der Waals surface area contributed by atoms with Gasteiger partial charge in [-0.1, -0.05) is 0 Å². The summed E-state index contributed by atoms with van der Waals surface area (Å²) >= 11 is 5.95. The van der Waals surface area contributed by atoms with E-state index >= 15 is 0 Å². The molecule has 0 aliphatic carbocycles. The summed E-state index contributed by atoms with van der Waals surface area (Å²) in [6.07, 6.45) is 0. The molecule has 0 atom stereocenters. The van der Waals surface area contributed by atoms with Gasteiger partial charge in [-0.15, -0.1) is 0 Å². The Labute approximate surface area is 119 Å². The van der Waals surface area contributed by atoms with Crippen LogP contribution in [-0.2, 0) is 0 Å². The van der Waals surface area contributed by atoms with Gasteiger partial charge < -0.3 is 14.9 Å². The number of anilines is 2. The van der Waals surface area contributed by atoms with E-state index in [1.54, 1.807) is 18.7 Å². The molecule has 0 aromatic carbocycles. The maximum absolute atomic E-state index is 9.83. The summed E-state index contributed by atoms with van der Waals surface area (Å²) in [5.74, 6) is 1.02. The summed E-state index contributed by atoms with van der Waals surface area (Å²) in [6.45, 7) is 9.53. The van der Waals surface area contributed by atoms with E-state index in [-0.39, 0.29) is 5.28 Å². The van der Waals surface area contributed by atoms with Gasteiger partial charge in [-0.2, -0.15) is 15.0 Å². The number of halogens is 1.